The number of aliphatic imine (C=N–C) groups is 1. The van der Waals surface area contributed by atoms with Crippen LogP contribution in [-0.2, 0) is 6.42 Å². The number of thiocarbonyl (C=S) groups is 1. The first-order valence-corrected chi connectivity index (χ1v) is 10.8. The van der Waals surface area contributed by atoms with Crippen LogP contribution in [0.1, 0.15) is 53.1 Å². The van der Waals surface area contributed by atoms with Crippen LogP contribution in [0, 0.1) is 48.1 Å². The van der Waals surface area contributed by atoms with E-state index in [1.165, 1.54) is 24.3 Å². The van der Waals surface area contributed by atoms with E-state index in [1.54, 1.807) is 24.3 Å². The molecule has 0 saturated heterocycles. The van der Waals surface area contributed by atoms with Crippen molar-refractivity contribution >= 4 is 23.1 Å². The second kappa shape index (κ2) is 11.3. The Morgan fingerprint density at radius 3 is 2.12 bits per heavy atom. The minimum atomic E-state index is -0.651. The van der Waals surface area contributed by atoms with Crippen LogP contribution in [0.25, 0.3) is 0 Å². The van der Waals surface area contributed by atoms with Crippen LogP contribution in [-0.4, -0.2) is 5.16 Å². The molecule has 164 valence electrons. The molecule has 0 bridgehead atoms. The molecule has 0 aliphatic carbocycles. The van der Waals surface area contributed by atoms with Crippen molar-refractivity contribution in [1.82, 2.24) is 0 Å². The van der Waals surface area contributed by atoms with E-state index in [0.717, 1.165) is 24.0 Å². The standard InChI is InChI=1S/C28H20F3NS/c1-3-4-5-22-16-25(29)24(26(30)17-22)12-8-20-6-10-23(19(2)14-20)11-7-21-9-13-28(32-18-33)27(31)15-21/h6,9-10,13-17H,3-5H2,1-2H3. The van der Waals surface area contributed by atoms with Crippen LogP contribution in [0.4, 0.5) is 18.9 Å². The normalized spacial score (nSPS) is 9.85. The lowest BCUT2D eigenvalue weighted by molar-refractivity contribution is 0.572. The molecule has 0 saturated carbocycles. The summed E-state index contributed by atoms with van der Waals surface area (Å²) in [6, 6.07) is 12.4. The first-order valence-electron chi connectivity index (χ1n) is 10.4. The zero-order chi connectivity index (χ0) is 23.8. The lowest BCUT2D eigenvalue weighted by atomic mass is 10.0. The maximum atomic E-state index is 14.3. The average Bonchev–Trinajstić information content (AvgIpc) is 2.78. The largest absolute Gasteiger partial charge is 0.206 e. The van der Waals surface area contributed by atoms with Crippen LogP contribution in [0.2, 0.25) is 0 Å². The number of nitrogens with zero attached hydrogens (tertiary/aromatic N) is 1. The predicted octanol–water partition coefficient (Wildman–Crippen LogP) is 7.29. The number of unbranched alkanes of at least 4 members (excludes halogenated alkanes) is 1. The molecular formula is C28H20F3NS. The number of benzene rings is 3. The molecule has 0 aliphatic rings. The van der Waals surface area contributed by atoms with Gasteiger partial charge < -0.3 is 0 Å². The molecule has 0 radical (unpaired) electrons. The van der Waals surface area contributed by atoms with Crippen molar-refractivity contribution in [2.45, 2.75) is 33.1 Å². The molecule has 0 unspecified atom stereocenters. The summed E-state index contributed by atoms with van der Waals surface area (Å²) in [6.07, 6.45) is 2.47. The van der Waals surface area contributed by atoms with Crippen LogP contribution >= 0.6 is 12.2 Å². The fourth-order valence-corrected chi connectivity index (χ4v) is 3.25. The smallest absolute Gasteiger partial charge is 0.150 e. The highest BCUT2D eigenvalue weighted by Crippen LogP contribution is 2.19. The van der Waals surface area contributed by atoms with E-state index in [0.29, 0.717) is 23.1 Å². The molecule has 0 heterocycles. The first kappa shape index (κ1) is 24.0. The average molecular weight is 460 g/mol. The van der Waals surface area contributed by atoms with Gasteiger partial charge in [-0.1, -0.05) is 37.0 Å². The Kier molecular flexibility index (Phi) is 8.22. The molecule has 0 fully saturated rings. The van der Waals surface area contributed by atoms with E-state index in [9.17, 15) is 13.2 Å². The van der Waals surface area contributed by atoms with Gasteiger partial charge in [0.1, 0.15) is 17.3 Å². The first-order chi connectivity index (χ1) is 15.9. The molecule has 3 rings (SSSR count). The van der Waals surface area contributed by atoms with Crippen molar-refractivity contribution < 1.29 is 13.2 Å². The molecule has 0 aliphatic heterocycles. The summed E-state index contributed by atoms with van der Waals surface area (Å²) in [5.41, 5.74) is 3.19. The van der Waals surface area contributed by atoms with Gasteiger partial charge in [-0.25, -0.2) is 13.2 Å². The Bertz CT molecular complexity index is 1340. The fraction of sp³-hybridized carbons (Fsp3) is 0.179. The van der Waals surface area contributed by atoms with E-state index in [2.05, 4.69) is 46.1 Å². The molecular weight excluding hydrogens is 439 g/mol. The number of rotatable bonds is 4. The third-order valence-corrected chi connectivity index (χ3v) is 5.03. The highest BCUT2D eigenvalue weighted by Gasteiger charge is 2.09. The maximum absolute atomic E-state index is 14.3. The molecule has 0 atom stereocenters. The summed E-state index contributed by atoms with van der Waals surface area (Å²) in [4.78, 5) is 3.64. The number of aryl methyl sites for hydroxylation is 2. The van der Waals surface area contributed by atoms with Gasteiger partial charge in [0.25, 0.3) is 0 Å². The van der Waals surface area contributed by atoms with Gasteiger partial charge in [-0.05, 0) is 91.6 Å². The summed E-state index contributed by atoms with van der Waals surface area (Å²) in [5.74, 6) is 9.51. The van der Waals surface area contributed by atoms with Crippen LogP contribution in [0.15, 0.2) is 53.5 Å². The van der Waals surface area contributed by atoms with Gasteiger partial charge in [-0.15, -0.1) is 0 Å². The van der Waals surface area contributed by atoms with Crippen molar-refractivity contribution in [3.63, 3.8) is 0 Å². The highest BCUT2D eigenvalue weighted by molar-refractivity contribution is 7.78. The second-order valence-electron chi connectivity index (χ2n) is 7.44. The van der Waals surface area contributed by atoms with Gasteiger partial charge >= 0.3 is 0 Å². The number of isothiocyanates is 1. The Hall–Kier alpha value is -3.63. The zero-order valence-electron chi connectivity index (χ0n) is 18.2. The minimum Gasteiger partial charge on any atom is -0.206 e. The quantitative estimate of drug-likeness (QED) is 0.227. The fourth-order valence-electron chi connectivity index (χ4n) is 3.15. The molecule has 3 aromatic rings. The monoisotopic (exact) mass is 459 g/mol. The van der Waals surface area contributed by atoms with Crippen molar-refractivity contribution in [3.05, 3.63) is 99.4 Å². The van der Waals surface area contributed by atoms with Crippen molar-refractivity contribution in [2.24, 2.45) is 4.99 Å². The van der Waals surface area contributed by atoms with Crippen molar-refractivity contribution in [1.29, 1.82) is 0 Å². The second-order valence-corrected chi connectivity index (χ2v) is 7.62. The van der Waals surface area contributed by atoms with Crippen molar-refractivity contribution in [3.8, 4) is 23.7 Å². The third kappa shape index (κ3) is 6.43. The van der Waals surface area contributed by atoms with Gasteiger partial charge in [0, 0.05) is 16.7 Å². The molecule has 1 nitrogen and oxygen atoms in total. The lowest BCUT2D eigenvalue weighted by Crippen LogP contribution is -1.95. The molecule has 0 amide bonds. The maximum Gasteiger partial charge on any atom is 0.150 e. The van der Waals surface area contributed by atoms with Gasteiger partial charge in [-0.3, -0.25) is 0 Å². The summed E-state index contributed by atoms with van der Waals surface area (Å²) in [5, 5.41) is 2.13. The van der Waals surface area contributed by atoms with E-state index >= 15 is 0 Å². The molecule has 33 heavy (non-hydrogen) atoms. The van der Waals surface area contributed by atoms with E-state index in [-0.39, 0.29) is 11.3 Å². The number of hydrogen-bond donors (Lipinski definition) is 0. The summed E-state index contributed by atoms with van der Waals surface area (Å²) >= 11 is 4.49. The topological polar surface area (TPSA) is 12.4 Å². The van der Waals surface area contributed by atoms with Gasteiger partial charge in [0.2, 0.25) is 0 Å². The van der Waals surface area contributed by atoms with Crippen LogP contribution in [0.3, 0.4) is 0 Å². The minimum absolute atomic E-state index is 0.109. The summed E-state index contributed by atoms with van der Waals surface area (Å²) in [6.45, 7) is 3.89. The third-order valence-electron chi connectivity index (χ3n) is 4.93. The molecule has 0 spiro atoms. The number of hydrogen-bond acceptors (Lipinski definition) is 2. The van der Waals surface area contributed by atoms with Crippen LogP contribution in [0.5, 0.6) is 0 Å². The molecule has 5 heteroatoms. The highest BCUT2D eigenvalue weighted by atomic mass is 32.1. The Morgan fingerprint density at radius 1 is 0.818 bits per heavy atom. The molecule has 0 aromatic heterocycles. The predicted molar refractivity (Wildman–Crippen MR) is 129 cm³/mol. The summed E-state index contributed by atoms with van der Waals surface area (Å²) in [7, 11) is 0. The van der Waals surface area contributed by atoms with E-state index in [1.807, 2.05) is 13.8 Å². The Labute approximate surface area is 197 Å². The van der Waals surface area contributed by atoms with Crippen LogP contribution < -0.4 is 0 Å². The Morgan fingerprint density at radius 2 is 1.48 bits per heavy atom. The van der Waals surface area contributed by atoms with Gasteiger partial charge in [0.15, 0.2) is 5.82 Å². The molecule has 3 aromatic carbocycles. The van der Waals surface area contributed by atoms with Gasteiger partial charge in [0.05, 0.1) is 10.7 Å². The lowest BCUT2D eigenvalue weighted by Gasteiger charge is -2.03. The number of halogens is 3. The summed E-state index contributed by atoms with van der Waals surface area (Å²) < 4.78 is 42.6. The zero-order valence-corrected chi connectivity index (χ0v) is 19.0. The Balaban J connectivity index is 1.81. The van der Waals surface area contributed by atoms with E-state index in [4.69, 9.17) is 0 Å². The van der Waals surface area contributed by atoms with E-state index < -0.39 is 17.5 Å². The SMILES string of the molecule is CCCCc1cc(F)c(C#Cc2ccc(C#Cc3ccc(N=C=S)c(F)c3)c(C)c2)c(F)c1. The van der Waals surface area contributed by atoms with Gasteiger partial charge in [-0.2, -0.15) is 4.99 Å². The molecule has 0 N–H and O–H groups in total. The van der Waals surface area contributed by atoms with Crippen molar-refractivity contribution in [2.75, 3.05) is 0 Å².